The molecule has 0 fully saturated rings. The van der Waals surface area contributed by atoms with Crippen LogP contribution in [0.25, 0.3) is 0 Å². The van der Waals surface area contributed by atoms with Crippen LogP contribution < -0.4 is 15.2 Å². The molecule has 0 spiro atoms. The maximum Gasteiger partial charge on any atom is 0.139 e. The molecule has 2 unspecified atom stereocenters. The van der Waals surface area contributed by atoms with Crippen LogP contribution in [0.1, 0.15) is 29.7 Å². The Bertz CT molecular complexity index is 608. The van der Waals surface area contributed by atoms with E-state index in [0.29, 0.717) is 0 Å². The second-order valence-electron chi connectivity index (χ2n) is 5.37. The second kappa shape index (κ2) is 6.64. The van der Waals surface area contributed by atoms with E-state index >= 15 is 0 Å². The van der Waals surface area contributed by atoms with E-state index in [-0.39, 0.29) is 12.1 Å². The van der Waals surface area contributed by atoms with Crippen molar-refractivity contribution in [1.82, 2.24) is 0 Å². The third-order valence-corrected chi connectivity index (χ3v) is 3.71. The van der Waals surface area contributed by atoms with Crippen molar-refractivity contribution in [3.63, 3.8) is 0 Å². The van der Waals surface area contributed by atoms with E-state index in [0.717, 1.165) is 22.6 Å². The standard InChI is InChI=1S/C18H23NO2/c1-12-7-5-10-17(13(12)2)21-18(14(3)19)15-8-6-9-16(11-15)20-4/h5-11,14,18H,19H2,1-4H3. The third kappa shape index (κ3) is 3.56. The van der Waals surface area contributed by atoms with E-state index in [4.69, 9.17) is 15.2 Å². The molecule has 0 radical (unpaired) electrons. The fourth-order valence-corrected chi connectivity index (χ4v) is 2.29. The van der Waals surface area contributed by atoms with Gasteiger partial charge in [-0.25, -0.2) is 0 Å². The van der Waals surface area contributed by atoms with Gasteiger partial charge in [-0.1, -0.05) is 24.3 Å². The summed E-state index contributed by atoms with van der Waals surface area (Å²) in [5.74, 6) is 1.68. The lowest BCUT2D eigenvalue weighted by Gasteiger charge is -2.24. The van der Waals surface area contributed by atoms with Gasteiger partial charge < -0.3 is 15.2 Å². The molecule has 0 aromatic heterocycles. The fourth-order valence-electron chi connectivity index (χ4n) is 2.29. The molecule has 0 heterocycles. The summed E-state index contributed by atoms with van der Waals surface area (Å²) in [6.07, 6.45) is -0.208. The van der Waals surface area contributed by atoms with Gasteiger partial charge in [0.05, 0.1) is 7.11 Å². The number of hydrogen-bond acceptors (Lipinski definition) is 3. The summed E-state index contributed by atoms with van der Waals surface area (Å²) in [4.78, 5) is 0. The fraction of sp³-hybridized carbons (Fsp3) is 0.333. The molecule has 2 N–H and O–H groups in total. The minimum Gasteiger partial charge on any atom is -0.497 e. The van der Waals surface area contributed by atoms with Gasteiger partial charge >= 0.3 is 0 Å². The van der Waals surface area contributed by atoms with E-state index < -0.39 is 0 Å². The monoisotopic (exact) mass is 285 g/mol. The number of methoxy groups -OCH3 is 1. The first-order valence-corrected chi connectivity index (χ1v) is 7.15. The minimum absolute atomic E-state index is 0.128. The number of aryl methyl sites for hydroxylation is 1. The smallest absolute Gasteiger partial charge is 0.139 e. The Morgan fingerprint density at radius 2 is 1.76 bits per heavy atom. The van der Waals surface area contributed by atoms with E-state index in [2.05, 4.69) is 19.9 Å². The molecule has 2 rings (SSSR count). The van der Waals surface area contributed by atoms with Gasteiger partial charge in [0, 0.05) is 6.04 Å². The molecule has 0 amide bonds. The van der Waals surface area contributed by atoms with Gasteiger partial charge in [-0.2, -0.15) is 0 Å². The van der Waals surface area contributed by atoms with Crippen molar-refractivity contribution >= 4 is 0 Å². The Balaban J connectivity index is 2.33. The lowest BCUT2D eigenvalue weighted by molar-refractivity contribution is 0.178. The first-order valence-electron chi connectivity index (χ1n) is 7.15. The predicted molar refractivity (Wildman–Crippen MR) is 85.9 cm³/mol. The van der Waals surface area contributed by atoms with Crippen LogP contribution in [0.15, 0.2) is 42.5 Å². The number of benzene rings is 2. The van der Waals surface area contributed by atoms with Crippen molar-refractivity contribution in [1.29, 1.82) is 0 Å². The van der Waals surface area contributed by atoms with Crippen LogP contribution >= 0.6 is 0 Å². The number of nitrogens with two attached hydrogens (primary N) is 1. The molecule has 0 aliphatic carbocycles. The SMILES string of the molecule is COc1cccc(C(Oc2cccc(C)c2C)C(C)N)c1. The Morgan fingerprint density at radius 3 is 2.43 bits per heavy atom. The minimum atomic E-state index is -0.208. The molecule has 0 aliphatic rings. The maximum absolute atomic E-state index is 6.19. The summed E-state index contributed by atoms with van der Waals surface area (Å²) in [7, 11) is 1.66. The van der Waals surface area contributed by atoms with Crippen LogP contribution in [0.2, 0.25) is 0 Å². The summed E-state index contributed by atoms with van der Waals surface area (Å²) >= 11 is 0. The number of hydrogen-bond donors (Lipinski definition) is 1. The zero-order valence-corrected chi connectivity index (χ0v) is 13.1. The topological polar surface area (TPSA) is 44.5 Å². The van der Waals surface area contributed by atoms with E-state index in [1.807, 2.05) is 43.3 Å². The molecule has 2 aromatic rings. The lowest BCUT2D eigenvalue weighted by Crippen LogP contribution is -2.29. The largest absolute Gasteiger partial charge is 0.497 e. The first kappa shape index (κ1) is 15.4. The van der Waals surface area contributed by atoms with Gasteiger partial charge in [-0.15, -0.1) is 0 Å². The summed E-state index contributed by atoms with van der Waals surface area (Å²) in [5.41, 5.74) is 9.50. The molecule has 2 aromatic carbocycles. The molecular formula is C18H23NO2. The third-order valence-electron chi connectivity index (χ3n) is 3.71. The lowest BCUT2D eigenvalue weighted by atomic mass is 10.0. The Labute approximate surface area is 126 Å². The van der Waals surface area contributed by atoms with Crippen LogP contribution in [-0.2, 0) is 0 Å². The van der Waals surface area contributed by atoms with Crippen molar-refractivity contribution in [2.75, 3.05) is 7.11 Å². The maximum atomic E-state index is 6.19. The normalized spacial score (nSPS) is 13.6. The van der Waals surface area contributed by atoms with Crippen LogP contribution in [0.5, 0.6) is 11.5 Å². The average molecular weight is 285 g/mol. The van der Waals surface area contributed by atoms with E-state index in [1.165, 1.54) is 5.56 Å². The molecule has 0 bridgehead atoms. The zero-order chi connectivity index (χ0) is 15.4. The van der Waals surface area contributed by atoms with Crippen molar-refractivity contribution < 1.29 is 9.47 Å². The summed E-state index contributed by atoms with van der Waals surface area (Å²) in [5, 5.41) is 0. The quantitative estimate of drug-likeness (QED) is 0.909. The second-order valence-corrected chi connectivity index (χ2v) is 5.37. The van der Waals surface area contributed by atoms with Crippen LogP contribution in [0, 0.1) is 13.8 Å². The highest BCUT2D eigenvalue weighted by molar-refractivity contribution is 5.39. The predicted octanol–water partition coefficient (Wildman–Crippen LogP) is 3.78. The highest BCUT2D eigenvalue weighted by Crippen LogP contribution is 2.29. The molecule has 3 nitrogen and oxygen atoms in total. The molecule has 0 saturated heterocycles. The Hall–Kier alpha value is -2.00. The molecular weight excluding hydrogens is 262 g/mol. The van der Waals surface area contributed by atoms with Gasteiger partial charge in [-0.05, 0) is 55.7 Å². The van der Waals surface area contributed by atoms with Crippen molar-refractivity contribution in [3.05, 3.63) is 59.2 Å². The number of ether oxygens (including phenoxy) is 2. The summed E-state index contributed by atoms with van der Waals surface area (Å²) in [6.45, 7) is 6.10. The molecule has 3 heteroatoms. The molecule has 0 saturated carbocycles. The van der Waals surface area contributed by atoms with Crippen molar-refractivity contribution in [2.24, 2.45) is 5.73 Å². The van der Waals surface area contributed by atoms with Crippen molar-refractivity contribution in [3.8, 4) is 11.5 Å². The first-order chi connectivity index (χ1) is 10.0. The molecule has 0 aliphatic heterocycles. The van der Waals surface area contributed by atoms with Crippen LogP contribution in [0.3, 0.4) is 0 Å². The van der Waals surface area contributed by atoms with E-state index in [1.54, 1.807) is 7.11 Å². The van der Waals surface area contributed by atoms with Crippen LogP contribution in [0.4, 0.5) is 0 Å². The summed E-state index contributed by atoms with van der Waals surface area (Å²) in [6, 6.07) is 13.8. The molecule has 21 heavy (non-hydrogen) atoms. The summed E-state index contributed by atoms with van der Waals surface area (Å²) < 4.78 is 11.5. The van der Waals surface area contributed by atoms with E-state index in [9.17, 15) is 0 Å². The van der Waals surface area contributed by atoms with Gasteiger partial charge in [0.1, 0.15) is 17.6 Å². The Morgan fingerprint density at radius 1 is 1.05 bits per heavy atom. The average Bonchev–Trinajstić information content (AvgIpc) is 2.48. The molecule has 2 atom stereocenters. The highest BCUT2D eigenvalue weighted by Gasteiger charge is 2.20. The highest BCUT2D eigenvalue weighted by atomic mass is 16.5. The van der Waals surface area contributed by atoms with Crippen molar-refractivity contribution in [2.45, 2.75) is 32.9 Å². The Kier molecular flexibility index (Phi) is 4.86. The molecule has 112 valence electrons. The van der Waals surface area contributed by atoms with Crippen LogP contribution in [-0.4, -0.2) is 13.2 Å². The van der Waals surface area contributed by atoms with Gasteiger partial charge in [0.15, 0.2) is 0 Å². The number of rotatable bonds is 5. The van der Waals surface area contributed by atoms with Gasteiger partial charge in [0.25, 0.3) is 0 Å². The zero-order valence-electron chi connectivity index (χ0n) is 13.1. The van der Waals surface area contributed by atoms with Gasteiger partial charge in [0.2, 0.25) is 0 Å². The van der Waals surface area contributed by atoms with Gasteiger partial charge in [-0.3, -0.25) is 0 Å².